The third-order valence-electron chi connectivity index (χ3n) is 6.61. The molecule has 2 heterocycles. The first-order valence-corrected chi connectivity index (χ1v) is 13.6. The van der Waals surface area contributed by atoms with Crippen LogP contribution in [-0.4, -0.2) is 4.98 Å². The van der Waals surface area contributed by atoms with Gasteiger partial charge in [-0.2, -0.15) is 0 Å². The van der Waals surface area contributed by atoms with Gasteiger partial charge in [-0.25, -0.2) is 0 Å². The Bertz CT molecular complexity index is 1560. The van der Waals surface area contributed by atoms with Crippen molar-refractivity contribution in [2.75, 3.05) is 10.2 Å². The molecule has 39 heavy (non-hydrogen) atoms. The van der Waals surface area contributed by atoms with E-state index in [1.165, 1.54) is 10.9 Å². The Labute approximate surface area is 233 Å². The van der Waals surface area contributed by atoms with Crippen LogP contribution < -0.4 is 10.2 Å². The van der Waals surface area contributed by atoms with E-state index in [-0.39, 0.29) is 0 Å². The highest BCUT2D eigenvalue weighted by atomic mass is 15.2. The lowest BCUT2D eigenvalue weighted by Gasteiger charge is -2.34. The second-order valence-corrected chi connectivity index (χ2v) is 9.93. The first kappa shape index (κ1) is 27.5. The number of H-pyrrole nitrogens is 1. The normalized spacial score (nSPS) is 16.1. The number of hydrogen-bond acceptors (Lipinski definition) is 2. The molecule has 0 bridgehead atoms. The van der Waals surface area contributed by atoms with Crippen molar-refractivity contribution < 1.29 is 0 Å². The molecule has 0 aliphatic carbocycles. The number of para-hydroxylation sites is 1. The van der Waals surface area contributed by atoms with E-state index < -0.39 is 0 Å². The zero-order valence-corrected chi connectivity index (χ0v) is 23.8. The maximum Gasteiger partial charge on any atom is 0.0793 e. The summed E-state index contributed by atoms with van der Waals surface area (Å²) in [4.78, 5) is 6.09. The van der Waals surface area contributed by atoms with E-state index in [9.17, 15) is 0 Å². The lowest BCUT2D eigenvalue weighted by Crippen LogP contribution is -2.24. The molecule has 0 amide bonds. The summed E-state index contributed by atoms with van der Waals surface area (Å²) in [6, 6.07) is 12.9. The lowest BCUT2D eigenvalue weighted by atomic mass is 9.95. The van der Waals surface area contributed by atoms with Crippen LogP contribution in [-0.2, 0) is 0 Å². The Balaban J connectivity index is 2.19. The van der Waals surface area contributed by atoms with E-state index >= 15 is 0 Å². The molecule has 3 heteroatoms. The van der Waals surface area contributed by atoms with Gasteiger partial charge >= 0.3 is 0 Å². The van der Waals surface area contributed by atoms with E-state index in [1.54, 1.807) is 0 Å². The lowest BCUT2D eigenvalue weighted by molar-refractivity contribution is 0.820. The maximum absolute atomic E-state index is 4.04. The molecule has 0 atom stereocenters. The summed E-state index contributed by atoms with van der Waals surface area (Å²) < 4.78 is 0. The molecule has 198 valence electrons. The highest BCUT2D eigenvalue weighted by Gasteiger charge is 2.27. The summed E-state index contributed by atoms with van der Waals surface area (Å²) in [6.45, 7) is 18.6. The number of hydrogen-bond donors (Lipinski definition) is 2. The van der Waals surface area contributed by atoms with Crippen LogP contribution in [0.5, 0.6) is 0 Å². The number of aromatic nitrogens is 1. The Morgan fingerprint density at radius 2 is 1.69 bits per heavy atom. The number of rotatable bonds is 8. The van der Waals surface area contributed by atoms with Gasteiger partial charge in [0.15, 0.2) is 0 Å². The summed E-state index contributed by atoms with van der Waals surface area (Å²) in [7, 11) is 0. The van der Waals surface area contributed by atoms with Gasteiger partial charge in [0.25, 0.3) is 0 Å². The van der Waals surface area contributed by atoms with Gasteiger partial charge in [-0.15, -0.1) is 0 Å². The number of fused-ring (bicyclic) bond motifs is 5. The van der Waals surface area contributed by atoms with Gasteiger partial charge in [0.05, 0.1) is 17.1 Å². The van der Waals surface area contributed by atoms with E-state index in [4.69, 9.17) is 0 Å². The molecule has 1 aliphatic heterocycles. The minimum atomic E-state index is 0.341. The molecule has 0 spiro atoms. The summed E-state index contributed by atoms with van der Waals surface area (Å²) in [5, 5.41) is 4.96. The Morgan fingerprint density at radius 1 is 0.949 bits per heavy atom. The Kier molecular flexibility index (Phi) is 8.73. The van der Waals surface area contributed by atoms with Gasteiger partial charge in [-0.1, -0.05) is 93.8 Å². The third-order valence-corrected chi connectivity index (χ3v) is 6.61. The largest absolute Gasteiger partial charge is 0.354 e. The predicted molar refractivity (Wildman–Crippen MR) is 173 cm³/mol. The Hall–Kier alpha value is -4.50. The van der Waals surface area contributed by atoms with Crippen molar-refractivity contribution >= 4 is 28.4 Å². The van der Waals surface area contributed by atoms with Crippen LogP contribution in [0.2, 0.25) is 0 Å². The second kappa shape index (κ2) is 12.4. The van der Waals surface area contributed by atoms with Crippen LogP contribution in [0, 0.1) is 12.8 Å². The molecule has 2 N–H and O–H groups in total. The number of anilines is 2. The molecule has 0 saturated carbocycles. The summed E-state index contributed by atoms with van der Waals surface area (Å²) in [5.41, 5.74) is 10.9. The van der Waals surface area contributed by atoms with Crippen LogP contribution in [0.25, 0.3) is 28.2 Å². The predicted octanol–water partition coefficient (Wildman–Crippen LogP) is 10.2. The van der Waals surface area contributed by atoms with Gasteiger partial charge in [0.2, 0.25) is 0 Å². The third kappa shape index (κ3) is 5.68. The van der Waals surface area contributed by atoms with Crippen molar-refractivity contribution in [2.24, 2.45) is 5.92 Å². The monoisotopic (exact) mass is 513 g/mol. The van der Waals surface area contributed by atoms with Crippen LogP contribution in [0.1, 0.15) is 38.8 Å². The summed E-state index contributed by atoms with van der Waals surface area (Å²) in [6.07, 6.45) is 22.8. The van der Waals surface area contributed by atoms with Gasteiger partial charge < -0.3 is 15.2 Å². The van der Waals surface area contributed by atoms with Crippen LogP contribution in [0.4, 0.5) is 11.4 Å². The van der Waals surface area contributed by atoms with E-state index in [0.717, 1.165) is 50.8 Å². The van der Waals surface area contributed by atoms with E-state index in [1.807, 2.05) is 38.2 Å². The van der Waals surface area contributed by atoms with Crippen molar-refractivity contribution in [3.63, 3.8) is 0 Å². The van der Waals surface area contributed by atoms with Gasteiger partial charge in [-0.05, 0) is 68.7 Å². The minimum Gasteiger partial charge on any atom is -0.354 e. The van der Waals surface area contributed by atoms with Gasteiger partial charge in [0.1, 0.15) is 0 Å². The fourth-order valence-electron chi connectivity index (χ4n) is 5.04. The topological polar surface area (TPSA) is 31.1 Å². The number of aryl methyl sites for hydroxylation is 1. The van der Waals surface area contributed by atoms with Crippen LogP contribution in [0.3, 0.4) is 0 Å². The van der Waals surface area contributed by atoms with Crippen molar-refractivity contribution in [1.29, 1.82) is 0 Å². The van der Waals surface area contributed by atoms with Crippen molar-refractivity contribution in [3.8, 4) is 11.3 Å². The van der Waals surface area contributed by atoms with Crippen molar-refractivity contribution in [1.82, 2.24) is 4.98 Å². The molecule has 3 aromatic rings. The maximum atomic E-state index is 4.04. The second-order valence-electron chi connectivity index (χ2n) is 9.93. The molecule has 0 unspecified atom stereocenters. The standard InChI is InChI=1S/C36H39N3/c1-8-14-27(15-9-2)37-34-26(7)20-22-32-35-31(30-18-12-13-19-33(30)38-35)23-21-29(24-25(5)6)39(36(32)34)28(16-10-3)17-11-4/h8-25,37-38H,1,3H2,2,4-7H3/b15-9-,17-11-,23-21-,27-14+,28-16+,29-24-. The molecule has 1 aromatic heterocycles. The molecule has 1 aliphatic rings. The number of benzene rings is 2. The molecular weight excluding hydrogens is 474 g/mol. The van der Waals surface area contributed by atoms with Gasteiger partial charge in [-0.3, -0.25) is 0 Å². The molecule has 3 nitrogen and oxygen atoms in total. The Morgan fingerprint density at radius 3 is 2.38 bits per heavy atom. The average Bonchev–Trinajstić information content (AvgIpc) is 3.26. The molecule has 4 rings (SSSR count). The highest BCUT2D eigenvalue weighted by Crippen LogP contribution is 2.47. The first-order chi connectivity index (χ1) is 18.9. The molecule has 0 radical (unpaired) electrons. The molecule has 2 aromatic carbocycles. The summed E-state index contributed by atoms with van der Waals surface area (Å²) in [5.74, 6) is 0.341. The quantitative estimate of drug-likeness (QED) is 0.294. The molecular formula is C36H39N3. The number of allylic oxidation sites excluding steroid dienone is 10. The van der Waals surface area contributed by atoms with Gasteiger partial charge in [0, 0.05) is 39.1 Å². The fourth-order valence-corrected chi connectivity index (χ4v) is 5.04. The van der Waals surface area contributed by atoms with Crippen LogP contribution in [0.15, 0.2) is 127 Å². The SMILES string of the molecule is C=C/C=C(\C=C/C)Nc1c(C)ccc2c1N(C(/C=C\C)=C/C=C)C(=C\C(C)C)/C=C\c1c-2[nH]c2ccccc12. The van der Waals surface area contributed by atoms with E-state index in [2.05, 4.69) is 128 Å². The van der Waals surface area contributed by atoms with E-state index in [0.29, 0.717) is 5.92 Å². The zero-order chi connectivity index (χ0) is 27.9. The average molecular weight is 514 g/mol. The molecule has 0 fully saturated rings. The van der Waals surface area contributed by atoms with Crippen molar-refractivity contribution in [2.45, 2.75) is 34.6 Å². The molecule has 0 saturated heterocycles. The smallest absolute Gasteiger partial charge is 0.0793 e. The summed E-state index contributed by atoms with van der Waals surface area (Å²) >= 11 is 0. The zero-order valence-electron chi connectivity index (χ0n) is 23.8. The number of nitrogens with zero attached hydrogens (tertiary/aromatic N) is 1. The number of nitrogens with one attached hydrogen (secondary N) is 2. The van der Waals surface area contributed by atoms with Crippen molar-refractivity contribution in [3.05, 3.63) is 139 Å². The van der Waals surface area contributed by atoms with Crippen LogP contribution >= 0.6 is 0 Å². The fraction of sp³-hybridized carbons (Fsp3) is 0.167. The number of aromatic amines is 1. The minimum absolute atomic E-state index is 0.341. The first-order valence-electron chi connectivity index (χ1n) is 13.6. The highest BCUT2D eigenvalue weighted by molar-refractivity contribution is 6.03.